The van der Waals surface area contributed by atoms with Crippen molar-refractivity contribution in [2.75, 3.05) is 25.2 Å². The lowest BCUT2D eigenvalue weighted by molar-refractivity contribution is -0.130. The van der Waals surface area contributed by atoms with Gasteiger partial charge in [-0.05, 0) is 49.1 Å². The Bertz CT molecular complexity index is 945. The Balaban J connectivity index is 1.43. The van der Waals surface area contributed by atoms with E-state index in [1.165, 1.54) is 4.70 Å². The number of benzene rings is 2. The Morgan fingerprint density at radius 3 is 2.68 bits per heavy atom. The van der Waals surface area contributed by atoms with Crippen molar-refractivity contribution in [3.8, 4) is 5.75 Å². The molecule has 1 aromatic heterocycles. The van der Waals surface area contributed by atoms with Gasteiger partial charge in [0.05, 0.1) is 15.2 Å². The highest BCUT2D eigenvalue weighted by molar-refractivity contribution is 7.98. The molecule has 0 saturated heterocycles. The molecular formula is C23H27N3O3S2. The molecule has 0 bridgehead atoms. The van der Waals surface area contributed by atoms with Crippen LogP contribution in [0.2, 0.25) is 0 Å². The van der Waals surface area contributed by atoms with Crippen LogP contribution in [-0.4, -0.2) is 48.0 Å². The van der Waals surface area contributed by atoms with Crippen LogP contribution < -0.4 is 15.4 Å². The highest BCUT2D eigenvalue weighted by Gasteiger charge is 2.20. The number of thioether (sulfide) groups is 1. The second-order valence-electron chi connectivity index (χ2n) is 6.97. The first kappa shape index (κ1) is 23.1. The molecule has 164 valence electrons. The van der Waals surface area contributed by atoms with E-state index in [2.05, 4.69) is 21.7 Å². The van der Waals surface area contributed by atoms with Crippen molar-refractivity contribution in [2.24, 2.45) is 0 Å². The number of fused-ring (bicyclic) bond motifs is 1. The summed E-state index contributed by atoms with van der Waals surface area (Å²) in [4.78, 5) is 29.5. The summed E-state index contributed by atoms with van der Waals surface area (Å²) in [6.45, 7) is 0.422. The Hall–Kier alpha value is -2.58. The van der Waals surface area contributed by atoms with E-state index >= 15 is 0 Å². The lowest BCUT2D eigenvalue weighted by Crippen LogP contribution is -2.48. The topological polar surface area (TPSA) is 80.3 Å². The zero-order chi connectivity index (χ0) is 21.9. The van der Waals surface area contributed by atoms with Gasteiger partial charge in [0, 0.05) is 13.0 Å². The molecule has 0 fully saturated rings. The van der Waals surface area contributed by atoms with Crippen LogP contribution >= 0.6 is 23.1 Å². The van der Waals surface area contributed by atoms with Gasteiger partial charge < -0.3 is 15.4 Å². The van der Waals surface area contributed by atoms with E-state index in [-0.39, 0.29) is 18.4 Å². The van der Waals surface area contributed by atoms with E-state index in [9.17, 15) is 9.59 Å². The van der Waals surface area contributed by atoms with E-state index in [4.69, 9.17) is 4.74 Å². The summed E-state index contributed by atoms with van der Waals surface area (Å²) in [7, 11) is 0. The molecule has 0 aliphatic carbocycles. The van der Waals surface area contributed by atoms with E-state index in [0.29, 0.717) is 18.7 Å². The molecule has 3 aromatic rings. The molecule has 3 rings (SSSR count). The van der Waals surface area contributed by atoms with E-state index in [1.54, 1.807) is 35.2 Å². The molecule has 2 N–H and O–H groups in total. The van der Waals surface area contributed by atoms with Crippen molar-refractivity contribution in [1.82, 2.24) is 15.6 Å². The number of hydrogen-bond donors (Lipinski definition) is 2. The molecule has 2 aromatic carbocycles. The van der Waals surface area contributed by atoms with E-state index in [0.717, 1.165) is 29.1 Å². The number of carbonyl (C=O) groups excluding carboxylic acids is 2. The van der Waals surface area contributed by atoms with Gasteiger partial charge in [0.25, 0.3) is 5.91 Å². The summed E-state index contributed by atoms with van der Waals surface area (Å²) in [5, 5.41) is 6.82. The molecular weight excluding hydrogens is 430 g/mol. The summed E-state index contributed by atoms with van der Waals surface area (Å²) < 4.78 is 6.65. The number of thiazole rings is 1. The Kier molecular flexibility index (Phi) is 9.17. The van der Waals surface area contributed by atoms with E-state index in [1.807, 2.05) is 42.7 Å². The van der Waals surface area contributed by atoms with Gasteiger partial charge in [-0.25, -0.2) is 4.98 Å². The number of nitrogens with zero attached hydrogens (tertiary/aromatic N) is 1. The maximum absolute atomic E-state index is 12.6. The van der Waals surface area contributed by atoms with Gasteiger partial charge in [-0.2, -0.15) is 11.8 Å². The zero-order valence-electron chi connectivity index (χ0n) is 17.5. The van der Waals surface area contributed by atoms with Crippen molar-refractivity contribution >= 4 is 45.1 Å². The molecule has 0 aliphatic rings. The minimum Gasteiger partial charge on any atom is -0.484 e. The van der Waals surface area contributed by atoms with Crippen LogP contribution in [0.25, 0.3) is 10.2 Å². The average Bonchev–Trinajstić information content (AvgIpc) is 3.21. The molecule has 2 amide bonds. The molecule has 0 spiro atoms. The van der Waals surface area contributed by atoms with Crippen LogP contribution in [0.4, 0.5) is 0 Å². The summed E-state index contributed by atoms with van der Waals surface area (Å²) in [5.74, 6) is 0.937. The second kappa shape index (κ2) is 12.3. The van der Waals surface area contributed by atoms with Crippen LogP contribution in [0.3, 0.4) is 0 Å². The highest BCUT2D eigenvalue weighted by atomic mass is 32.2. The molecule has 8 heteroatoms. The van der Waals surface area contributed by atoms with Crippen molar-refractivity contribution in [2.45, 2.75) is 25.3 Å². The van der Waals surface area contributed by atoms with Gasteiger partial charge in [0.15, 0.2) is 6.61 Å². The van der Waals surface area contributed by atoms with Crippen LogP contribution in [0.15, 0.2) is 54.6 Å². The fourth-order valence-corrected chi connectivity index (χ4v) is 4.49. The summed E-state index contributed by atoms with van der Waals surface area (Å²) >= 11 is 3.33. The van der Waals surface area contributed by atoms with E-state index < -0.39 is 6.04 Å². The largest absolute Gasteiger partial charge is 0.484 e. The van der Waals surface area contributed by atoms with Crippen molar-refractivity contribution in [3.63, 3.8) is 0 Å². The number of hydrogen-bond acceptors (Lipinski definition) is 6. The average molecular weight is 458 g/mol. The van der Waals surface area contributed by atoms with Crippen LogP contribution in [0.1, 0.15) is 17.8 Å². The molecule has 0 aliphatic heterocycles. The first-order valence-corrected chi connectivity index (χ1v) is 12.4. The smallest absolute Gasteiger partial charge is 0.258 e. The van der Waals surface area contributed by atoms with Gasteiger partial charge >= 0.3 is 0 Å². The fourth-order valence-electron chi connectivity index (χ4n) is 3.01. The molecule has 1 unspecified atom stereocenters. The SMILES string of the molecule is CSCCC(NC(=O)COc1ccccc1)C(=O)NCCCc1nc2ccccc2s1. The minimum atomic E-state index is -0.568. The number of amides is 2. The fraction of sp³-hybridized carbons (Fsp3) is 0.348. The number of aryl methyl sites for hydroxylation is 1. The molecule has 1 heterocycles. The highest BCUT2D eigenvalue weighted by Crippen LogP contribution is 2.22. The maximum atomic E-state index is 12.6. The zero-order valence-corrected chi connectivity index (χ0v) is 19.1. The van der Waals surface area contributed by atoms with Crippen molar-refractivity contribution < 1.29 is 14.3 Å². The monoisotopic (exact) mass is 457 g/mol. The van der Waals surface area contributed by atoms with Gasteiger partial charge in [-0.3, -0.25) is 9.59 Å². The Labute approximate surface area is 190 Å². The minimum absolute atomic E-state index is 0.120. The van der Waals surface area contributed by atoms with Crippen molar-refractivity contribution in [1.29, 1.82) is 0 Å². The molecule has 1 atom stereocenters. The lowest BCUT2D eigenvalue weighted by Gasteiger charge is -2.18. The number of rotatable bonds is 12. The second-order valence-corrected chi connectivity index (χ2v) is 9.07. The third-order valence-corrected chi connectivity index (χ3v) is 6.32. The summed E-state index contributed by atoms with van der Waals surface area (Å²) in [6, 6.07) is 16.7. The third kappa shape index (κ3) is 7.56. The van der Waals surface area contributed by atoms with Crippen LogP contribution in [0.5, 0.6) is 5.75 Å². The normalized spacial score (nSPS) is 11.8. The predicted octanol–water partition coefficient (Wildman–Crippen LogP) is 3.66. The standard InChI is InChI=1S/C23H27N3O3S2/c1-30-15-13-19(25-21(27)16-29-17-8-3-2-4-9-17)23(28)24-14-7-12-22-26-18-10-5-6-11-20(18)31-22/h2-6,8-11,19H,7,12-16H2,1H3,(H,24,28)(H,25,27). The lowest BCUT2D eigenvalue weighted by atomic mass is 10.2. The van der Waals surface area contributed by atoms with Gasteiger partial charge in [-0.15, -0.1) is 11.3 Å². The summed E-state index contributed by atoms with van der Waals surface area (Å²) in [6.07, 6.45) is 4.16. The van der Waals surface area contributed by atoms with Gasteiger partial charge in [0.2, 0.25) is 5.91 Å². The number of para-hydroxylation sites is 2. The molecule has 6 nitrogen and oxygen atoms in total. The number of carbonyl (C=O) groups is 2. The van der Waals surface area contributed by atoms with Gasteiger partial charge in [-0.1, -0.05) is 30.3 Å². The quantitative estimate of drug-likeness (QED) is 0.406. The van der Waals surface area contributed by atoms with Crippen molar-refractivity contribution in [3.05, 3.63) is 59.6 Å². The molecule has 0 saturated carbocycles. The first-order chi connectivity index (χ1) is 15.2. The number of nitrogens with one attached hydrogen (secondary N) is 2. The first-order valence-electron chi connectivity index (χ1n) is 10.2. The molecule has 0 radical (unpaired) electrons. The predicted molar refractivity (Wildman–Crippen MR) is 128 cm³/mol. The van der Waals surface area contributed by atoms with Crippen LogP contribution in [-0.2, 0) is 16.0 Å². The third-order valence-electron chi connectivity index (χ3n) is 4.58. The Morgan fingerprint density at radius 1 is 1.13 bits per heavy atom. The molecule has 31 heavy (non-hydrogen) atoms. The Morgan fingerprint density at radius 2 is 1.90 bits per heavy atom. The van der Waals surface area contributed by atoms with Crippen LogP contribution in [0, 0.1) is 0 Å². The maximum Gasteiger partial charge on any atom is 0.258 e. The summed E-state index contributed by atoms with van der Waals surface area (Å²) in [5.41, 5.74) is 1.02. The number of aromatic nitrogens is 1. The van der Waals surface area contributed by atoms with Gasteiger partial charge in [0.1, 0.15) is 11.8 Å². The number of ether oxygens (including phenoxy) is 1.